The number of rotatable bonds is 6. The summed E-state index contributed by atoms with van der Waals surface area (Å²) in [5, 5.41) is 3.85. The fourth-order valence-electron chi connectivity index (χ4n) is 2.47. The largest absolute Gasteiger partial charge is 0.465 e. The fraction of sp³-hybridized carbons (Fsp3) is 0.438. The number of aromatic nitrogens is 3. The van der Waals surface area contributed by atoms with Crippen LogP contribution in [0.3, 0.4) is 0 Å². The molecule has 0 fully saturated rings. The van der Waals surface area contributed by atoms with Gasteiger partial charge in [-0.05, 0) is 44.3 Å². The average molecular weight is 365 g/mol. The number of Topliss-reactive ketones (excluding diaryl/α,β-unsaturated/α-hetero) is 1. The minimum absolute atomic E-state index is 0.219. The maximum atomic E-state index is 12.6. The number of aromatic amines is 1. The van der Waals surface area contributed by atoms with Crippen molar-refractivity contribution in [3.8, 4) is 0 Å². The lowest BCUT2D eigenvalue weighted by Gasteiger charge is -2.11. The van der Waals surface area contributed by atoms with Gasteiger partial charge in [0.2, 0.25) is 5.78 Å². The van der Waals surface area contributed by atoms with Gasteiger partial charge in [0.05, 0.1) is 24.1 Å². The number of aryl methyl sites for hydroxylation is 2. The summed E-state index contributed by atoms with van der Waals surface area (Å²) in [5.74, 6) is -1.60. The molecule has 134 valence electrons. The van der Waals surface area contributed by atoms with Crippen molar-refractivity contribution in [3.05, 3.63) is 33.1 Å². The van der Waals surface area contributed by atoms with Crippen LogP contribution in [0.1, 0.15) is 61.3 Å². The Hall–Kier alpha value is -2.55. The molecule has 0 saturated heterocycles. The van der Waals surface area contributed by atoms with E-state index in [0.717, 1.165) is 11.5 Å². The first kappa shape index (κ1) is 18.8. The van der Waals surface area contributed by atoms with Crippen molar-refractivity contribution in [1.29, 1.82) is 0 Å². The van der Waals surface area contributed by atoms with Crippen molar-refractivity contribution >= 4 is 29.3 Å². The number of hydrogen-bond acceptors (Lipinski definition) is 8. The molecule has 0 aliphatic carbocycles. The van der Waals surface area contributed by atoms with Gasteiger partial charge in [0.15, 0.2) is 11.0 Å². The van der Waals surface area contributed by atoms with Crippen molar-refractivity contribution in [2.75, 3.05) is 7.11 Å². The quantitative estimate of drug-likeness (QED) is 0.617. The lowest BCUT2D eigenvalue weighted by molar-refractivity contribution is 0.0320. The fourth-order valence-corrected chi connectivity index (χ4v) is 3.10. The van der Waals surface area contributed by atoms with Gasteiger partial charge in [0, 0.05) is 5.69 Å². The highest BCUT2D eigenvalue weighted by atomic mass is 32.1. The predicted molar refractivity (Wildman–Crippen MR) is 90.1 cm³/mol. The van der Waals surface area contributed by atoms with E-state index in [2.05, 4.69) is 14.6 Å². The van der Waals surface area contributed by atoms with Crippen LogP contribution in [-0.4, -0.2) is 45.5 Å². The molecule has 0 saturated carbocycles. The Kier molecular flexibility index (Phi) is 5.68. The summed E-state index contributed by atoms with van der Waals surface area (Å²) in [6.07, 6.45) is -0.484. The van der Waals surface area contributed by atoms with E-state index in [-0.39, 0.29) is 10.6 Å². The average Bonchev–Trinajstić information content (AvgIpc) is 3.17. The molecule has 0 amide bonds. The first-order valence-corrected chi connectivity index (χ1v) is 8.42. The molecule has 1 atom stereocenters. The minimum atomic E-state index is -1.03. The lowest BCUT2D eigenvalue weighted by Crippen LogP contribution is -2.25. The van der Waals surface area contributed by atoms with Gasteiger partial charge in [-0.15, -0.1) is 5.10 Å². The van der Waals surface area contributed by atoms with E-state index >= 15 is 0 Å². The molecule has 2 heterocycles. The van der Waals surface area contributed by atoms with Gasteiger partial charge in [-0.25, -0.2) is 9.59 Å². The SMILES string of the molecule is CCc1nnsc1C(=O)O[C@@H](C)C(=O)c1[nH]c(C)c(C(=O)OC)c1C. The summed E-state index contributed by atoms with van der Waals surface area (Å²) in [6.45, 7) is 6.64. The molecule has 0 unspecified atom stereocenters. The molecule has 0 aliphatic heterocycles. The zero-order valence-corrected chi connectivity index (χ0v) is 15.4. The predicted octanol–water partition coefficient (Wildman–Crippen LogP) is 2.26. The van der Waals surface area contributed by atoms with Crippen LogP contribution in [0.4, 0.5) is 0 Å². The number of H-pyrrole nitrogens is 1. The zero-order valence-electron chi connectivity index (χ0n) is 14.6. The van der Waals surface area contributed by atoms with Crippen LogP contribution in [0.5, 0.6) is 0 Å². The molecular formula is C16H19N3O5S. The smallest absolute Gasteiger partial charge is 0.352 e. The molecule has 2 aromatic rings. The molecule has 2 rings (SSSR count). The van der Waals surface area contributed by atoms with E-state index in [4.69, 9.17) is 9.47 Å². The summed E-state index contributed by atoms with van der Waals surface area (Å²) in [4.78, 5) is 39.8. The van der Waals surface area contributed by atoms with E-state index in [9.17, 15) is 14.4 Å². The first-order valence-electron chi connectivity index (χ1n) is 7.65. The van der Waals surface area contributed by atoms with E-state index in [1.54, 1.807) is 13.8 Å². The van der Waals surface area contributed by atoms with E-state index in [0.29, 0.717) is 28.9 Å². The van der Waals surface area contributed by atoms with E-state index in [1.807, 2.05) is 6.92 Å². The highest BCUT2D eigenvalue weighted by molar-refractivity contribution is 7.07. The van der Waals surface area contributed by atoms with Crippen LogP contribution in [0, 0.1) is 13.8 Å². The van der Waals surface area contributed by atoms with Crippen LogP contribution >= 0.6 is 11.5 Å². The van der Waals surface area contributed by atoms with E-state index in [1.165, 1.54) is 14.0 Å². The molecule has 8 nitrogen and oxygen atoms in total. The molecule has 9 heteroatoms. The molecule has 0 bridgehead atoms. The standard InChI is InChI=1S/C16H19N3O5S/c1-6-10-14(25-19-18-10)16(22)24-9(4)13(20)12-7(2)11(8(3)17-12)15(21)23-5/h9,17H,6H2,1-5H3/t9-/m0/s1. The monoisotopic (exact) mass is 365 g/mol. The first-order chi connectivity index (χ1) is 11.8. The molecule has 2 aromatic heterocycles. The number of nitrogens with one attached hydrogen (secondary N) is 1. The Labute approximate surface area is 148 Å². The summed E-state index contributed by atoms with van der Waals surface area (Å²) >= 11 is 0.932. The number of ketones is 1. The Morgan fingerprint density at radius 3 is 2.52 bits per heavy atom. The number of methoxy groups -OCH3 is 1. The third-order valence-corrected chi connectivity index (χ3v) is 4.55. The molecule has 0 aromatic carbocycles. The van der Waals surface area contributed by atoms with Gasteiger partial charge in [-0.2, -0.15) is 0 Å². The molecule has 0 spiro atoms. The lowest BCUT2D eigenvalue weighted by atomic mass is 10.1. The molecule has 25 heavy (non-hydrogen) atoms. The number of carbonyl (C=O) groups is 3. The Morgan fingerprint density at radius 2 is 1.92 bits per heavy atom. The Balaban J connectivity index is 2.21. The second kappa shape index (κ2) is 7.56. The van der Waals surface area contributed by atoms with Gasteiger partial charge in [-0.3, -0.25) is 4.79 Å². The summed E-state index contributed by atoms with van der Waals surface area (Å²) in [6, 6.07) is 0. The van der Waals surface area contributed by atoms with Crippen molar-refractivity contribution in [3.63, 3.8) is 0 Å². The molecular weight excluding hydrogens is 346 g/mol. The number of carbonyl (C=O) groups excluding carboxylic acids is 3. The Morgan fingerprint density at radius 1 is 1.24 bits per heavy atom. The van der Waals surface area contributed by atoms with E-state index < -0.39 is 23.8 Å². The van der Waals surface area contributed by atoms with Gasteiger partial charge in [-0.1, -0.05) is 11.4 Å². The van der Waals surface area contributed by atoms with Crippen molar-refractivity contribution in [2.24, 2.45) is 0 Å². The topological polar surface area (TPSA) is 111 Å². The zero-order chi connectivity index (χ0) is 18.7. The number of esters is 2. The highest BCUT2D eigenvalue weighted by Gasteiger charge is 2.28. The van der Waals surface area contributed by atoms with Crippen LogP contribution in [0.2, 0.25) is 0 Å². The van der Waals surface area contributed by atoms with Crippen molar-refractivity contribution in [1.82, 2.24) is 14.6 Å². The van der Waals surface area contributed by atoms with Gasteiger partial charge < -0.3 is 14.5 Å². The Bertz CT molecular complexity index is 824. The molecule has 0 radical (unpaired) electrons. The summed E-state index contributed by atoms with van der Waals surface area (Å²) in [7, 11) is 1.27. The molecule has 0 aliphatic rings. The number of nitrogens with zero attached hydrogens (tertiary/aromatic N) is 2. The number of hydrogen-bond donors (Lipinski definition) is 1. The van der Waals surface area contributed by atoms with Crippen molar-refractivity contribution < 1.29 is 23.9 Å². The third-order valence-electron chi connectivity index (χ3n) is 3.80. The third kappa shape index (κ3) is 3.60. The van der Waals surface area contributed by atoms with Crippen LogP contribution < -0.4 is 0 Å². The normalized spacial score (nSPS) is 11.9. The summed E-state index contributed by atoms with van der Waals surface area (Å²) < 4.78 is 13.7. The van der Waals surface area contributed by atoms with Crippen LogP contribution in [0.25, 0.3) is 0 Å². The van der Waals surface area contributed by atoms with Crippen LogP contribution in [0.15, 0.2) is 0 Å². The maximum Gasteiger partial charge on any atom is 0.352 e. The van der Waals surface area contributed by atoms with Crippen LogP contribution in [-0.2, 0) is 15.9 Å². The number of ether oxygens (including phenoxy) is 2. The van der Waals surface area contributed by atoms with Gasteiger partial charge >= 0.3 is 11.9 Å². The second-order valence-corrected chi connectivity index (χ2v) is 6.18. The van der Waals surface area contributed by atoms with Gasteiger partial charge in [0.1, 0.15) is 0 Å². The summed E-state index contributed by atoms with van der Waals surface area (Å²) in [5.41, 5.74) is 2.05. The second-order valence-electron chi connectivity index (χ2n) is 5.43. The molecule has 1 N–H and O–H groups in total. The minimum Gasteiger partial charge on any atom is -0.465 e. The van der Waals surface area contributed by atoms with Gasteiger partial charge in [0.25, 0.3) is 0 Å². The maximum absolute atomic E-state index is 12.6. The highest BCUT2D eigenvalue weighted by Crippen LogP contribution is 2.21. The van der Waals surface area contributed by atoms with Crippen molar-refractivity contribution in [2.45, 2.75) is 40.2 Å².